The predicted octanol–water partition coefficient (Wildman–Crippen LogP) is 2.47. The standard InChI is InChI=1S/C19H22N4O3S/c1-14(24)22-8-10-23(11-9-22)19-16(4-6-18(21-19)26-2)20-17(25)5-3-15-7-12-27-13-15/h3-7,12-13H,8-11H2,1-2H3,(H,20,25). The number of anilines is 2. The molecular formula is C19H22N4O3S. The summed E-state index contributed by atoms with van der Waals surface area (Å²) in [6, 6.07) is 5.45. The van der Waals surface area contributed by atoms with Crippen LogP contribution in [0.2, 0.25) is 0 Å². The largest absolute Gasteiger partial charge is 0.481 e. The van der Waals surface area contributed by atoms with E-state index in [4.69, 9.17) is 4.74 Å². The molecule has 0 radical (unpaired) electrons. The number of nitrogens with zero attached hydrogens (tertiary/aromatic N) is 3. The maximum absolute atomic E-state index is 12.3. The zero-order valence-electron chi connectivity index (χ0n) is 15.3. The highest BCUT2D eigenvalue weighted by Gasteiger charge is 2.22. The first-order chi connectivity index (χ1) is 13.1. The summed E-state index contributed by atoms with van der Waals surface area (Å²) in [4.78, 5) is 32.2. The van der Waals surface area contributed by atoms with E-state index in [-0.39, 0.29) is 11.8 Å². The second-order valence-electron chi connectivity index (χ2n) is 6.10. The first kappa shape index (κ1) is 18.9. The Balaban J connectivity index is 1.75. The van der Waals surface area contributed by atoms with Crippen LogP contribution in [-0.2, 0) is 9.59 Å². The topological polar surface area (TPSA) is 74.8 Å². The van der Waals surface area contributed by atoms with Gasteiger partial charge in [0.05, 0.1) is 12.8 Å². The Hall–Kier alpha value is -2.87. The molecule has 2 amide bonds. The molecule has 0 spiro atoms. The molecule has 1 fully saturated rings. The Labute approximate surface area is 162 Å². The van der Waals surface area contributed by atoms with E-state index in [9.17, 15) is 9.59 Å². The second kappa shape index (κ2) is 8.68. The number of nitrogens with one attached hydrogen (secondary N) is 1. The summed E-state index contributed by atoms with van der Waals surface area (Å²) in [5.41, 5.74) is 1.61. The van der Waals surface area contributed by atoms with Gasteiger partial charge in [-0.2, -0.15) is 16.3 Å². The lowest BCUT2D eigenvalue weighted by molar-refractivity contribution is -0.129. The number of ether oxygens (including phenoxy) is 1. The minimum absolute atomic E-state index is 0.0698. The van der Waals surface area contributed by atoms with E-state index in [0.29, 0.717) is 43.6 Å². The minimum Gasteiger partial charge on any atom is -0.481 e. The highest BCUT2D eigenvalue weighted by atomic mass is 32.1. The second-order valence-corrected chi connectivity index (χ2v) is 6.88. The lowest BCUT2D eigenvalue weighted by atomic mass is 10.2. The summed E-state index contributed by atoms with van der Waals surface area (Å²) < 4.78 is 5.23. The van der Waals surface area contributed by atoms with Crippen molar-refractivity contribution >= 4 is 40.7 Å². The summed E-state index contributed by atoms with van der Waals surface area (Å²) in [6.07, 6.45) is 3.28. The summed E-state index contributed by atoms with van der Waals surface area (Å²) in [7, 11) is 1.56. The summed E-state index contributed by atoms with van der Waals surface area (Å²) >= 11 is 1.58. The third kappa shape index (κ3) is 4.85. The number of piperazine rings is 1. The van der Waals surface area contributed by atoms with Crippen LogP contribution in [0.15, 0.2) is 35.0 Å². The summed E-state index contributed by atoms with van der Waals surface area (Å²) in [5.74, 6) is 0.970. The number of pyridine rings is 1. The molecule has 2 aromatic rings. The molecule has 8 heteroatoms. The number of amides is 2. The molecule has 7 nitrogen and oxygen atoms in total. The average Bonchev–Trinajstić information content (AvgIpc) is 3.20. The van der Waals surface area contributed by atoms with Crippen molar-refractivity contribution in [2.75, 3.05) is 43.5 Å². The average molecular weight is 386 g/mol. The SMILES string of the molecule is COc1ccc(NC(=O)C=Cc2ccsc2)c(N2CCN(C(C)=O)CC2)n1. The molecule has 27 heavy (non-hydrogen) atoms. The van der Waals surface area contributed by atoms with E-state index in [2.05, 4.69) is 15.2 Å². The summed E-state index contributed by atoms with van der Waals surface area (Å²) in [5, 5.41) is 6.83. The Bertz CT molecular complexity index is 827. The highest BCUT2D eigenvalue weighted by Crippen LogP contribution is 2.27. The quantitative estimate of drug-likeness (QED) is 0.799. The molecule has 2 aromatic heterocycles. The van der Waals surface area contributed by atoms with E-state index < -0.39 is 0 Å². The van der Waals surface area contributed by atoms with Gasteiger partial charge in [-0.3, -0.25) is 9.59 Å². The van der Waals surface area contributed by atoms with E-state index in [1.807, 2.05) is 16.8 Å². The monoisotopic (exact) mass is 386 g/mol. The molecule has 0 aromatic carbocycles. The van der Waals surface area contributed by atoms with E-state index in [0.717, 1.165) is 5.56 Å². The van der Waals surface area contributed by atoms with Crippen molar-refractivity contribution in [1.82, 2.24) is 9.88 Å². The van der Waals surface area contributed by atoms with Crippen molar-refractivity contribution in [2.45, 2.75) is 6.92 Å². The zero-order chi connectivity index (χ0) is 19.2. The van der Waals surface area contributed by atoms with Crippen LogP contribution in [0, 0.1) is 0 Å². The Morgan fingerprint density at radius 3 is 2.63 bits per heavy atom. The van der Waals surface area contributed by atoms with Gasteiger partial charge in [-0.1, -0.05) is 0 Å². The molecule has 0 bridgehead atoms. The molecule has 3 rings (SSSR count). The smallest absolute Gasteiger partial charge is 0.248 e. The number of thiophene rings is 1. The van der Waals surface area contributed by atoms with Gasteiger partial charge in [0.1, 0.15) is 0 Å². The van der Waals surface area contributed by atoms with E-state index >= 15 is 0 Å². The fourth-order valence-corrected chi connectivity index (χ4v) is 3.46. The van der Waals surface area contributed by atoms with Gasteiger partial charge < -0.3 is 19.9 Å². The van der Waals surface area contributed by atoms with Crippen molar-refractivity contribution in [2.24, 2.45) is 0 Å². The molecule has 1 aliphatic heterocycles. The lowest BCUT2D eigenvalue weighted by Gasteiger charge is -2.35. The van der Waals surface area contributed by atoms with Crippen LogP contribution in [0.3, 0.4) is 0 Å². The van der Waals surface area contributed by atoms with E-state index in [1.54, 1.807) is 48.5 Å². The molecule has 0 atom stereocenters. The fourth-order valence-electron chi connectivity index (χ4n) is 2.83. The maximum Gasteiger partial charge on any atom is 0.248 e. The molecule has 0 aliphatic carbocycles. The predicted molar refractivity (Wildman–Crippen MR) is 107 cm³/mol. The number of aromatic nitrogens is 1. The minimum atomic E-state index is -0.225. The molecule has 0 unspecified atom stereocenters. The molecular weight excluding hydrogens is 364 g/mol. The van der Waals surface area contributed by atoms with Gasteiger partial charge in [-0.05, 0) is 34.5 Å². The number of carbonyl (C=O) groups is 2. The molecule has 1 N–H and O–H groups in total. The number of hydrogen-bond acceptors (Lipinski definition) is 6. The number of rotatable bonds is 5. The van der Waals surface area contributed by atoms with Gasteiger partial charge in [0, 0.05) is 45.2 Å². The first-order valence-corrected chi connectivity index (χ1v) is 9.58. The van der Waals surface area contributed by atoms with Gasteiger partial charge in [0.2, 0.25) is 17.7 Å². The third-order valence-electron chi connectivity index (χ3n) is 4.31. The fraction of sp³-hybridized carbons (Fsp3) is 0.316. The highest BCUT2D eigenvalue weighted by molar-refractivity contribution is 7.08. The zero-order valence-corrected chi connectivity index (χ0v) is 16.2. The van der Waals surface area contributed by atoms with Crippen LogP contribution in [0.5, 0.6) is 5.88 Å². The first-order valence-electron chi connectivity index (χ1n) is 8.63. The molecule has 1 saturated heterocycles. The van der Waals surface area contributed by atoms with Crippen molar-refractivity contribution < 1.29 is 14.3 Å². The van der Waals surface area contributed by atoms with Crippen molar-refractivity contribution in [1.29, 1.82) is 0 Å². The summed E-state index contributed by atoms with van der Waals surface area (Å²) in [6.45, 7) is 4.12. The van der Waals surface area contributed by atoms with Crippen LogP contribution in [0.1, 0.15) is 12.5 Å². The van der Waals surface area contributed by atoms with E-state index in [1.165, 1.54) is 6.08 Å². The number of methoxy groups -OCH3 is 1. The van der Waals surface area contributed by atoms with Crippen molar-refractivity contribution in [3.05, 3.63) is 40.6 Å². The van der Waals surface area contributed by atoms with Gasteiger partial charge in [-0.15, -0.1) is 0 Å². The van der Waals surface area contributed by atoms with Gasteiger partial charge in [-0.25, -0.2) is 0 Å². The van der Waals surface area contributed by atoms with Crippen LogP contribution >= 0.6 is 11.3 Å². The van der Waals surface area contributed by atoms with Crippen LogP contribution < -0.4 is 15.0 Å². The van der Waals surface area contributed by atoms with Crippen molar-refractivity contribution in [3.8, 4) is 5.88 Å². The van der Waals surface area contributed by atoms with Crippen LogP contribution in [0.25, 0.3) is 6.08 Å². The molecule has 0 saturated carbocycles. The van der Waals surface area contributed by atoms with Crippen LogP contribution in [0.4, 0.5) is 11.5 Å². The molecule has 142 valence electrons. The molecule has 3 heterocycles. The third-order valence-corrected chi connectivity index (χ3v) is 5.01. The van der Waals surface area contributed by atoms with Gasteiger partial charge in [0.25, 0.3) is 0 Å². The lowest BCUT2D eigenvalue weighted by Crippen LogP contribution is -2.48. The molecule has 1 aliphatic rings. The van der Waals surface area contributed by atoms with Crippen molar-refractivity contribution in [3.63, 3.8) is 0 Å². The number of carbonyl (C=O) groups excluding carboxylic acids is 2. The maximum atomic E-state index is 12.3. The van der Waals surface area contributed by atoms with Gasteiger partial charge in [0.15, 0.2) is 5.82 Å². The van der Waals surface area contributed by atoms with Gasteiger partial charge >= 0.3 is 0 Å². The Morgan fingerprint density at radius 1 is 1.22 bits per heavy atom. The Kier molecular flexibility index (Phi) is 6.08. The number of hydrogen-bond donors (Lipinski definition) is 1. The van der Waals surface area contributed by atoms with Crippen LogP contribution in [-0.4, -0.2) is 55.0 Å². The Morgan fingerprint density at radius 2 is 2.00 bits per heavy atom. The normalized spacial score (nSPS) is 14.4.